The lowest BCUT2D eigenvalue weighted by molar-refractivity contribution is 0.112. The fraction of sp³-hybridized carbons (Fsp3) is 0.769. The van der Waals surface area contributed by atoms with E-state index in [9.17, 15) is 4.39 Å². The molecule has 6 saturated carbocycles. The number of aryl methyl sites for hydroxylation is 2. The Balaban J connectivity index is 0.000000164. The van der Waals surface area contributed by atoms with Gasteiger partial charge in [-0.05, 0) is 236 Å². The first-order valence-corrected chi connectivity index (χ1v) is 23.6. The summed E-state index contributed by atoms with van der Waals surface area (Å²) in [7, 11) is 0. The summed E-state index contributed by atoms with van der Waals surface area (Å²) in [5, 5.41) is 0. The van der Waals surface area contributed by atoms with Crippen molar-refractivity contribution in [1.29, 1.82) is 0 Å². The molecule has 6 aliphatic carbocycles. The normalized spacial score (nSPS) is 38.4. The molecule has 0 saturated heterocycles. The molecule has 0 amide bonds. The Hall–Kier alpha value is -1.63. The van der Waals surface area contributed by atoms with Crippen LogP contribution in [-0.4, -0.2) is 0 Å². The molecule has 294 valence electrons. The van der Waals surface area contributed by atoms with Crippen molar-refractivity contribution in [3.8, 4) is 0 Å². The summed E-state index contributed by atoms with van der Waals surface area (Å²) in [6.07, 6.45) is 35.4. The van der Waals surface area contributed by atoms with E-state index in [1.807, 2.05) is 13.0 Å². The van der Waals surface area contributed by atoms with Gasteiger partial charge in [0.05, 0.1) is 0 Å². The molecule has 0 unspecified atom stereocenters. The summed E-state index contributed by atoms with van der Waals surface area (Å²) in [4.78, 5) is 0. The van der Waals surface area contributed by atoms with E-state index in [4.69, 9.17) is 0 Å². The molecule has 0 atom stereocenters. The van der Waals surface area contributed by atoms with Crippen molar-refractivity contribution in [2.24, 2.45) is 59.2 Å². The van der Waals surface area contributed by atoms with Crippen LogP contribution in [0.1, 0.15) is 202 Å². The fourth-order valence-corrected chi connectivity index (χ4v) is 13.2. The lowest BCUT2D eigenvalue weighted by Gasteiger charge is -2.41. The Kier molecular flexibility index (Phi) is 14.2. The smallest absolute Gasteiger partial charge is 0.126 e. The molecule has 0 radical (unpaired) electrons. The standard InChI is InChI=1S/C26H39F.C26H40/c1-18-3-6-20(7-4-18)21-9-11-22(12-10-21)23-13-15-24(16-14-23)25-8-5-19(2)26(27)17-25;1-19-3-7-21(8-4-19)23-11-15-25(16-12-23)26-17-13-24(14-18-26)22-9-5-20(2)6-10-22/h5,8,17-18,20-24H,3-4,6-7,9-16H2,1-2H3;3-4,7-8,20,22-26H,5-6,9-18H2,1-2H3. The van der Waals surface area contributed by atoms with Crippen LogP contribution in [0.15, 0.2) is 42.5 Å². The number of halogens is 1. The maximum atomic E-state index is 13.9. The lowest BCUT2D eigenvalue weighted by atomic mass is 9.65. The van der Waals surface area contributed by atoms with E-state index >= 15 is 0 Å². The van der Waals surface area contributed by atoms with Gasteiger partial charge in [-0.15, -0.1) is 0 Å². The van der Waals surface area contributed by atoms with E-state index in [1.54, 1.807) is 37.3 Å². The molecular formula is C52H79F. The van der Waals surface area contributed by atoms with Crippen molar-refractivity contribution in [1.82, 2.24) is 0 Å². The molecule has 8 rings (SSSR count). The van der Waals surface area contributed by atoms with Crippen LogP contribution in [0.3, 0.4) is 0 Å². The average Bonchev–Trinajstić information content (AvgIpc) is 3.20. The summed E-state index contributed by atoms with van der Waals surface area (Å²) < 4.78 is 13.9. The van der Waals surface area contributed by atoms with Crippen LogP contribution in [0.5, 0.6) is 0 Å². The van der Waals surface area contributed by atoms with Crippen molar-refractivity contribution in [2.75, 3.05) is 0 Å². The summed E-state index contributed by atoms with van der Waals surface area (Å²) in [5.41, 5.74) is 5.01. The molecule has 53 heavy (non-hydrogen) atoms. The molecule has 1 heteroatoms. The van der Waals surface area contributed by atoms with Crippen LogP contribution >= 0.6 is 0 Å². The maximum absolute atomic E-state index is 13.9. The van der Waals surface area contributed by atoms with Crippen LogP contribution in [0, 0.1) is 78.8 Å². The monoisotopic (exact) mass is 723 g/mol. The van der Waals surface area contributed by atoms with Gasteiger partial charge in [-0.25, -0.2) is 4.39 Å². The minimum absolute atomic E-state index is 0.0231. The van der Waals surface area contributed by atoms with Gasteiger partial charge in [0.15, 0.2) is 0 Å². The Morgan fingerprint density at radius 3 is 0.981 bits per heavy atom. The van der Waals surface area contributed by atoms with Gasteiger partial charge >= 0.3 is 0 Å². The molecule has 2 aromatic rings. The van der Waals surface area contributed by atoms with Crippen molar-refractivity contribution in [2.45, 2.75) is 194 Å². The average molecular weight is 723 g/mol. The predicted octanol–water partition coefficient (Wildman–Crippen LogP) is 15.9. The van der Waals surface area contributed by atoms with E-state index < -0.39 is 0 Å². The highest BCUT2D eigenvalue weighted by Gasteiger charge is 2.36. The summed E-state index contributed by atoms with van der Waals surface area (Å²) in [6, 6.07) is 15.3. The van der Waals surface area contributed by atoms with Gasteiger partial charge in [-0.1, -0.05) is 81.5 Å². The molecule has 0 spiro atoms. The topological polar surface area (TPSA) is 0 Å². The molecule has 0 nitrogen and oxygen atoms in total. The zero-order chi connectivity index (χ0) is 36.7. The Bertz CT molecular complexity index is 1340. The molecule has 0 N–H and O–H groups in total. The van der Waals surface area contributed by atoms with E-state index in [2.05, 4.69) is 51.1 Å². The van der Waals surface area contributed by atoms with Gasteiger partial charge in [0.2, 0.25) is 0 Å². The number of rotatable bonds is 6. The van der Waals surface area contributed by atoms with Crippen LogP contribution in [0.4, 0.5) is 4.39 Å². The van der Waals surface area contributed by atoms with Crippen LogP contribution in [-0.2, 0) is 0 Å². The zero-order valence-electron chi connectivity index (χ0n) is 34.8. The van der Waals surface area contributed by atoms with Crippen molar-refractivity contribution < 1.29 is 4.39 Å². The van der Waals surface area contributed by atoms with Gasteiger partial charge in [0, 0.05) is 0 Å². The van der Waals surface area contributed by atoms with Gasteiger partial charge < -0.3 is 0 Å². The third-order valence-electron chi connectivity index (χ3n) is 17.2. The summed E-state index contributed by atoms with van der Waals surface area (Å²) in [5.74, 6) is 11.7. The van der Waals surface area contributed by atoms with Crippen LogP contribution in [0.2, 0.25) is 0 Å². The Morgan fingerprint density at radius 2 is 0.642 bits per heavy atom. The first-order valence-electron chi connectivity index (χ1n) is 23.6. The van der Waals surface area contributed by atoms with Crippen LogP contribution < -0.4 is 0 Å². The van der Waals surface area contributed by atoms with Crippen molar-refractivity contribution in [3.05, 3.63) is 70.5 Å². The summed E-state index contributed by atoms with van der Waals surface area (Å²) >= 11 is 0. The molecule has 2 aromatic carbocycles. The largest absolute Gasteiger partial charge is 0.207 e. The van der Waals surface area contributed by atoms with Gasteiger partial charge in [0.25, 0.3) is 0 Å². The number of benzene rings is 2. The second-order valence-corrected chi connectivity index (χ2v) is 20.5. The predicted molar refractivity (Wildman–Crippen MR) is 225 cm³/mol. The lowest BCUT2D eigenvalue weighted by Crippen LogP contribution is -2.29. The second kappa shape index (κ2) is 19.0. The third kappa shape index (κ3) is 10.6. The fourth-order valence-electron chi connectivity index (χ4n) is 13.2. The van der Waals surface area contributed by atoms with E-state index in [0.717, 1.165) is 70.7 Å². The van der Waals surface area contributed by atoms with E-state index in [1.165, 1.54) is 140 Å². The molecule has 6 aliphatic rings. The van der Waals surface area contributed by atoms with Crippen molar-refractivity contribution in [3.63, 3.8) is 0 Å². The first-order chi connectivity index (χ1) is 25.8. The van der Waals surface area contributed by atoms with Crippen LogP contribution in [0.25, 0.3) is 0 Å². The quantitative estimate of drug-likeness (QED) is 0.278. The molecule has 6 fully saturated rings. The Morgan fingerprint density at radius 1 is 0.358 bits per heavy atom. The maximum Gasteiger partial charge on any atom is 0.126 e. The van der Waals surface area contributed by atoms with Gasteiger partial charge in [-0.3, -0.25) is 0 Å². The molecule has 0 aromatic heterocycles. The second-order valence-electron chi connectivity index (χ2n) is 20.5. The minimum atomic E-state index is -0.0231. The summed E-state index contributed by atoms with van der Waals surface area (Å²) in [6.45, 7) is 8.96. The first kappa shape index (κ1) is 39.6. The molecule has 0 aliphatic heterocycles. The highest BCUT2D eigenvalue weighted by atomic mass is 19.1. The highest BCUT2D eigenvalue weighted by Crippen LogP contribution is 2.49. The van der Waals surface area contributed by atoms with E-state index in [0.29, 0.717) is 5.92 Å². The van der Waals surface area contributed by atoms with Gasteiger partial charge in [-0.2, -0.15) is 0 Å². The number of hydrogen-bond acceptors (Lipinski definition) is 0. The minimum Gasteiger partial charge on any atom is -0.207 e. The zero-order valence-corrected chi connectivity index (χ0v) is 34.8. The van der Waals surface area contributed by atoms with Gasteiger partial charge in [0.1, 0.15) is 5.82 Å². The number of hydrogen-bond donors (Lipinski definition) is 0. The molecule has 0 heterocycles. The highest BCUT2D eigenvalue weighted by molar-refractivity contribution is 5.27. The molecule has 0 bridgehead atoms. The van der Waals surface area contributed by atoms with E-state index in [-0.39, 0.29) is 5.82 Å². The van der Waals surface area contributed by atoms with Crippen molar-refractivity contribution >= 4 is 0 Å². The Labute approximate surface area is 326 Å². The molecular weight excluding hydrogens is 644 g/mol. The third-order valence-corrected chi connectivity index (χ3v) is 17.2. The SMILES string of the molecule is Cc1ccc(C2CCC(C3CCC(C4CCC(C)CC4)CC3)CC2)cc1.Cc1ccc(C2CCC(C3CCC(C4CCC(C)CC4)CC3)CC2)cc1F.